The Morgan fingerprint density at radius 3 is 2.75 bits per heavy atom. The minimum absolute atomic E-state index is 0.266. The minimum atomic E-state index is 0.266. The maximum atomic E-state index is 12.8. The first kappa shape index (κ1) is 18.0. The molecule has 0 unspecified atom stereocenters. The number of nitrogens with zero attached hydrogens (tertiary/aromatic N) is 5. The summed E-state index contributed by atoms with van der Waals surface area (Å²) in [6.45, 7) is 6.04. The molecule has 0 aromatic carbocycles. The SMILES string of the molecule is N#Cc1ccc2c3c(sc2n1)CN(CC(=O)N1CCN(C2CCC2)CC1)CC3. The predicted molar refractivity (Wildman–Crippen MR) is 109 cm³/mol. The highest BCUT2D eigenvalue weighted by Gasteiger charge is 2.30. The first-order valence-corrected chi connectivity index (χ1v) is 11.1. The van der Waals surface area contributed by atoms with Crippen molar-refractivity contribution in [1.82, 2.24) is 19.7 Å². The van der Waals surface area contributed by atoms with Gasteiger partial charge in [0.1, 0.15) is 16.6 Å². The van der Waals surface area contributed by atoms with Crippen molar-refractivity contribution in [3.8, 4) is 6.07 Å². The molecule has 0 atom stereocenters. The molecule has 1 saturated heterocycles. The number of hydrogen-bond donors (Lipinski definition) is 0. The van der Waals surface area contributed by atoms with E-state index in [2.05, 4.69) is 25.8 Å². The van der Waals surface area contributed by atoms with Crippen molar-refractivity contribution in [3.05, 3.63) is 28.3 Å². The molecule has 0 N–H and O–H groups in total. The van der Waals surface area contributed by atoms with Crippen LogP contribution in [-0.4, -0.2) is 70.9 Å². The van der Waals surface area contributed by atoms with Crippen LogP contribution in [0.5, 0.6) is 0 Å². The number of rotatable bonds is 3. The molecule has 3 aliphatic rings. The zero-order chi connectivity index (χ0) is 19.1. The van der Waals surface area contributed by atoms with Crippen LogP contribution in [0.2, 0.25) is 0 Å². The van der Waals surface area contributed by atoms with Gasteiger partial charge in [-0.25, -0.2) is 4.98 Å². The molecule has 0 bridgehead atoms. The van der Waals surface area contributed by atoms with E-state index >= 15 is 0 Å². The number of fused-ring (bicyclic) bond motifs is 3. The summed E-state index contributed by atoms with van der Waals surface area (Å²) < 4.78 is 0. The molecular weight excluding hydrogens is 370 g/mol. The van der Waals surface area contributed by atoms with Crippen molar-refractivity contribution in [2.75, 3.05) is 39.3 Å². The summed E-state index contributed by atoms with van der Waals surface area (Å²) >= 11 is 1.67. The smallest absolute Gasteiger partial charge is 0.236 e. The summed E-state index contributed by atoms with van der Waals surface area (Å²) in [6, 6.07) is 6.72. The van der Waals surface area contributed by atoms with E-state index in [1.807, 2.05) is 6.07 Å². The molecule has 2 fully saturated rings. The molecule has 2 aliphatic heterocycles. The van der Waals surface area contributed by atoms with Gasteiger partial charge in [-0.3, -0.25) is 14.6 Å². The molecule has 146 valence electrons. The Labute approximate surface area is 169 Å². The lowest BCUT2D eigenvalue weighted by Gasteiger charge is -2.43. The van der Waals surface area contributed by atoms with Gasteiger partial charge in [-0.15, -0.1) is 11.3 Å². The van der Waals surface area contributed by atoms with Crippen LogP contribution in [-0.2, 0) is 17.8 Å². The van der Waals surface area contributed by atoms with Crippen LogP contribution in [0.15, 0.2) is 12.1 Å². The van der Waals surface area contributed by atoms with Crippen LogP contribution in [0.4, 0.5) is 0 Å². The summed E-state index contributed by atoms with van der Waals surface area (Å²) in [6.07, 6.45) is 4.99. The van der Waals surface area contributed by atoms with E-state index in [1.165, 1.54) is 35.1 Å². The van der Waals surface area contributed by atoms with Crippen molar-refractivity contribution in [3.63, 3.8) is 0 Å². The highest BCUT2D eigenvalue weighted by atomic mass is 32.1. The van der Waals surface area contributed by atoms with Crippen LogP contribution in [0, 0.1) is 11.3 Å². The summed E-state index contributed by atoms with van der Waals surface area (Å²) in [5, 5.41) is 10.2. The van der Waals surface area contributed by atoms with Crippen LogP contribution in [0.3, 0.4) is 0 Å². The first-order valence-electron chi connectivity index (χ1n) is 10.3. The fourth-order valence-electron chi connectivity index (χ4n) is 4.61. The van der Waals surface area contributed by atoms with E-state index in [4.69, 9.17) is 5.26 Å². The monoisotopic (exact) mass is 395 g/mol. The number of amides is 1. The highest BCUT2D eigenvalue weighted by molar-refractivity contribution is 7.18. The molecule has 0 spiro atoms. The van der Waals surface area contributed by atoms with Crippen molar-refractivity contribution >= 4 is 27.5 Å². The number of carbonyl (C=O) groups is 1. The van der Waals surface area contributed by atoms with Gasteiger partial charge >= 0.3 is 0 Å². The van der Waals surface area contributed by atoms with Gasteiger partial charge in [0.25, 0.3) is 0 Å². The summed E-state index contributed by atoms with van der Waals surface area (Å²) in [5.41, 5.74) is 1.83. The number of aromatic nitrogens is 1. The van der Waals surface area contributed by atoms with Gasteiger partial charge in [0.05, 0.1) is 6.54 Å². The molecule has 4 heterocycles. The molecule has 0 radical (unpaired) electrons. The summed E-state index contributed by atoms with van der Waals surface area (Å²) in [5.74, 6) is 0.266. The third kappa shape index (κ3) is 3.30. The number of hydrogen-bond acceptors (Lipinski definition) is 6. The van der Waals surface area contributed by atoms with Crippen LogP contribution >= 0.6 is 11.3 Å². The van der Waals surface area contributed by atoms with E-state index in [1.54, 1.807) is 17.4 Å². The Balaban J connectivity index is 1.20. The lowest BCUT2D eigenvalue weighted by molar-refractivity contribution is -0.135. The molecule has 28 heavy (non-hydrogen) atoms. The standard InChI is InChI=1S/C21H25N5OS/c22-12-15-4-5-18-17-6-7-24(13-19(17)28-21(18)23-15)14-20(27)26-10-8-25(9-11-26)16-2-1-3-16/h4-5,16H,1-3,6-11,13-14H2. The summed E-state index contributed by atoms with van der Waals surface area (Å²) in [4.78, 5) is 26.4. The van der Waals surface area contributed by atoms with E-state index in [-0.39, 0.29) is 5.91 Å². The number of piperazine rings is 1. The fourth-order valence-corrected chi connectivity index (χ4v) is 5.87. The van der Waals surface area contributed by atoms with E-state index in [9.17, 15) is 4.79 Å². The number of carbonyl (C=O) groups excluding carboxylic acids is 1. The molecule has 1 amide bonds. The van der Waals surface area contributed by atoms with E-state index < -0.39 is 0 Å². The topological polar surface area (TPSA) is 63.5 Å². The number of pyridine rings is 1. The fraction of sp³-hybridized carbons (Fsp3) is 0.571. The van der Waals surface area contributed by atoms with Gasteiger partial charge < -0.3 is 4.90 Å². The van der Waals surface area contributed by atoms with Crippen molar-refractivity contribution in [2.45, 2.75) is 38.3 Å². The minimum Gasteiger partial charge on any atom is -0.339 e. The Bertz CT molecular complexity index is 936. The first-order chi connectivity index (χ1) is 13.7. The molecular formula is C21H25N5OS. The zero-order valence-corrected chi connectivity index (χ0v) is 16.9. The quantitative estimate of drug-likeness (QED) is 0.797. The average Bonchev–Trinajstić information content (AvgIpc) is 3.03. The molecule has 5 rings (SSSR count). The third-order valence-electron chi connectivity index (χ3n) is 6.52. The zero-order valence-electron chi connectivity index (χ0n) is 16.1. The third-order valence-corrected chi connectivity index (χ3v) is 7.65. The van der Waals surface area contributed by atoms with Gasteiger partial charge in [-0.1, -0.05) is 6.42 Å². The lowest BCUT2D eigenvalue weighted by atomic mass is 9.91. The van der Waals surface area contributed by atoms with Gasteiger partial charge in [0.2, 0.25) is 5.91 Å². The van der Waals surface area contributed by atoms with Gasteiger partial charge in [0.15, 0.2) is 0 Å². The Morgan fingerprint density at radius 1 is 1.21 bits per heavy atom. The number of thiophene rings is 1. The van der Waals surface area contributed by atoms with Gasteiger partial charge in [-0.05, 0) is 37.0 Å². The Hall–Kier alpha value is -2.01. The lowest BCUT2D eigenvalue weighted by Crippen LogP contribution is -2.55. The highest BCUT2D eigenvalue weighted by Crippen LogP contribution is 2.34. The van der Waals surface area contributed by atoms with Crippen molar-refractivity contribution in [1.29, 1.82) is 5.26 Å². The second-order valence-electron chi connectivity index (χ2n) is 8.13. The maximum Gasteiger partial charge on any atom is 0.236 e. The molecule has 1 saturated carbocycles. The van der Waals surface area contributed by atoms with Gasteiger partial charge in [-0.2, -0.15) is 5.26 Å². The second kappa shape index (κ2) is 7.43. The molecule has 1 aliphatic carbocycles. The normalized spacial score (nSPS) is 21.3. The maximum absolute atomic E-state index is 12.8. The predicted octanol–water partition coefficient (Wildman–Crippen LogP) is 2.22. The van der Waals surface area contributed by atoms with Crippen LogP contribution in [0.25, 0.3) is 10.2 Å². The molecule has 2 aromatic heterocycles. The molecule has 6 nitrogen and oxygen atoms in total. The van der Waals surface area contributed by atoms with Gasteiger partial charge in [0, 0.05) is 55.6 Å². The molecule has 2 aromatic rings. The number of nitriles is 1. The molecule has 7 heteroatoms. The van der Waals surface area contributed by atoms with Crippen molar-refractivity contribution in [2.24, 2.45) is 0 Å². The van der Waals surface area contributed by atoms with Crippen molar-refractivity contribution < 1.29 is 4.79 Å². The Morgan fingerprint density at radius 2 is 2.04 bits per heavy atom. The van der Waals surface area contributed by atoms with E-state index in [0.717, 1.165) is 56.6 Å². The second-order valence-corrected chi connectivity index (χ2v) is 9.21. The summed E-state index contributed by atoms with van der Waals surface area (Å²) in [7, 11) is 0. The van der Waals surface area contributed by atoms with Crippen LogP contribution < -0.4 is 0 Å². The largest absolute Gasteiger partial charge is 0.339 e. The van der Waals surface area contributed by atoms with E-state index in [0.29, 0.717) is 12.2 Å². The van der Waals surface area contributed by atoms with Crippen LogP contribution in [0.1, 0.15) is 35.4 Å². The Kier molecular flexibility index (Phi) is 4.79. The average molecular weight is 396 g/mol.